The first-order valence-electron chi connectivity index (χ1n) is 6.73. The highest BCUT2D eigenvalue weighted by Gasteiger charge is 2.18. The maximum absolute atomic E-state index is 2.28. The summed E-state index contributed by atoms with van der Waals surface area (Å²) in [7, 11) is 6.28. The third-order valence-electron chi connectivity index (χ3n) is 3.62. The van der Waals surface area contributed by atoms with Crippen LogP contribution < -0.4 is 21.9 Å². The number of benzene rings is 2. The smallest absolute Gasteiger partial charge is 0.269 e. The highest BCUT2D eigenvalue weighted by Crippen LogP contribution is 2.29. The molecule has 0 N–H and O–H groups in total. The second-order valence-corrected chi connectivity index (χ2v) is 6.41. The lowest BCUT2D eigenvalue weighted by molar-refractivity contribution is -0.629. The molecule has 1 heterocycles. The standard InChI is InChI=1S/C17H19N2S.2ClH/c1-12-5-10-15-16(11-12)20-17(19(15)4)13-6-8-14(9-7-13)18(2)3;;/h5-11H,1-4H3;2*1H/q+1;;/p-1. The monoisotopic (exact) mass is 354 g/mol. The molecule has 2 nitrogen and oxygen atoms in total. The molecule has 22 heavy (non-hydrogen) atoms. The Labute approximate surface area is 148 Å². The normalized spacial score (nSPS) is 10.0. The van der Waals surface area contributed by atoms with Crippen LogP contribution in [0.3, 0.4) is 0 Å². The van der Waals surface area contributed by atoms with E-state index >= 15 is 0 Å². The predicted octanol–water partition coefficient (Wildman–Crippen LogP) is 1.19. The number of thiazole rings is 1. The molecule has 0 aliphatic carbocycles. The zero-order valence-electron chi connectivity index (χ0n) is 13.1. The fourth-order valence-corrected chi connectivity index (χ4v) is 3.67. The zero-order valence-corrected chi connectivity index (χ0v) is 15.5. The van der Waals surface area contributed by atoms with Gasteiger partial charge in [-0.15, -0.1) is 12.4 Å². The molecule has 0 fully saturated rings. The zero-order chi connectivity index (χ0) is 14.3. The van der Waals surface area contributed by atoms with Gasteiger partial charge in [0.05, 0.1) is 5.56 Å². The largest absolute Gasteiger partial charge is 1.00 e. The quantitative estimate of drug-likeness (QED) is 0.627. The van der Waals surface area contributed by atoms with Crippen LogP contribution in [0.1, 0.15) is 5.56 Å². The molecule has 0 saturated heterocycles. The number of fused-ring (bicyclic) bond motifs is 1. The molecule has 0 aliphatic heterocycles. The number of halogens is 2. The van der Waals surface area contributed by atoms with Crippen molar-refractivity contribution in [3.63, 3.8) is 0 Å². The van der Waals surface area contributed by atoms with Crippen LogP contribution in [0, 0.1) is 6.92 Å². The fraction of sp³-hybridized carbons (Fsp3) is 0.235. The van der Waals surface area contributed by atoms with Crippen molar-refractivity contribution in [2.75, 3.05) is 19.0 Å². The molecule has 0 spiro atoms. The molecule has 3 rings (SSSR count). The van der Waals surface area contributed by atoms with E-state index in [2.05, 4.69) is 80.0 Å². The number of nitrogens with zero attached hydrogens (tertiary/aromatic N) is 2. The number of rotatable bonds is 2. The Kier molecular flexibility index (Phi) is 6.24. The van der Waals surface area contributed by atoms with Crippen LogP contribution in [0.25, 0.3) is 20.8 Å². The van der Waals surface area contributed by atoms with E-state index in [9.17, 15) is 0 Å². The molecule has 0 unspecified atom stereocenters. The van der Waals surface area contributed by atoms with E-state index in [1.54, 1.807) is 0 Å². The average molecular weight is 355 g/mol. The minimum atomic E-state index is 0. The number of anilines is 1. The van der Waals surface area contributed by atoms with Gasteiger partial charge in [-0.3, -0.25) is 0 Å². The number of aryl methyl sites for hydroxylation is 2. The van der Waals surface area contributed by atoms with Gasteiger partial charge in [0.25, 0.3) is 5.01 Å². The maximum Gasteiger partial charge on any atom is 0.269 e. The van der Waals surface area contributed by atoms with E-state index in [1.165, 1.54) is 32.0 Å². The van der Waals surface area contributed by atoms with E-state index in [4.69, 9.17) is 0 Å². The van der Waals surface area contributed by atoms with Crippen molar-refractivity contribution in [3.05, 3.63) is 48.0 Å². The highest BCUT2D eigenvalue weighted by molar-refractivity contribution is 7.21. The molecule has 0 bridgehead atoms. The van der Waals surface area contributed by atoms with E-state index in [0.717, 1.165) is 0 Å². The molecule has 0 aliphatic rings. The van der Waals surface area contributed by atoms with Crippen molar-refractivity contribution < 1.29 is 17.0 Å². The van der Waals surface area contributed by atoms with Crippen LogP contribution in [0.2, 0.25) is 0 Å². The van der Waals surface area contributed by atoms with Crippen molar-refractivity contribution in [3.8, 4) is 10.6 Å². The minimum Gasteiger partial charge on any atom is -1.00 e. The summed E-state index contributed by atoms with van der Waals surface area (Å²) in [6.45, 7) is 2.14. The Morgan fingerprint density at radius 1 is 1.00 bits per heavy atom. The SMILES string of the molecule is Cc1ccc2c(c1)sc(-c1ccc(N(C)C)cc1)[n+]2C.Cl.[Cl-]. The van der Waals surface area contributed by atoms with Crippen LogP contribution in [0.4, 0.5) is 5.69 Å². The summed E-state index contributed by atoms with van der Waals surface area (Å²) in [5.74, 6) is 0. The van der Waals surface area contributed by atoms with Crippen molar-refractivity contribution in [1.82, 2.24) is 0 Å². The van der Waals surface area contributed by atoms with Crippen LogP contribution in [0.15, 0.2) is 42.5 Å². The molecular weight excluding hydrogens is 335 g/mol. The summed E-state index contributed by atoms with van der Waals surface area (Å²) in [6, 6.07) is 15.4. The van der Waals surface area contributed by atoms with Gasteiger partial charge in [0.1, 0.15) is 11.7 Å². The van der Waals surface area contributed by atoms with Crippen LogP contribution in [0.5, 0.6) is 0 Å². The van der Waals surface area contributed by atoms with Gasteiger partial charge in [-0.1, -0.05) is 17.4 Å². The van der Waals surface area contributed by atoms with Crippen molar-refractivity contribution >= 4 is 39.6 Å². The van der Waals surface area contributed by atoms with E-state index in [1.807, 2.05) is 11.3 Å². The van der Waals surface area contributed by atoms with Crippen molar-refractivity contribution in [2.45, 2.75) is 6.92 Å². The Bertz CT molecular complexity index is 764. The molecule has 0 saturated carbocycles. The molecule has 2 aromatic carbocycles. The second kappa shape index (κ2) is 7.32. The third kappa shape index (κ3) is 3.37. The lowest BCUT2D eigenvalue weighted by Gasteiger charge is -2.11. The predicted molar refractivity (Wildman–Crippen MR) is 94.7 cm³/mol. The molecular formula is C17H20Cl2N2S. The van der Waals surface area contributed by atoms with Gasteiger partial charge in [-0.25, -0.2) is 0 Å². The summed E-state index contributed by atoms with van der Waals surface area (Å²) in [4.78, 5) is 2.12. The Morgan fingerprint density at radius 3 is 2.23 bits per heavy atom. The summed E-state index contributed by atoms with van der Waals surface area (Å²) in [6.07, 6.45) is 0. The van der Waals surface area contributed by atoms with Gasteiger partial charge in [-0.2, -0.15) is 4.57 Å². The molecule has 0 atom stereocenters. The summed E-state index contributed by atoms with van der Waals surface area (Å²) < 4.78 is 3.63. The second-order valence-electron chi connectivity index (χ2n) is 5.38. The molecule has 3 aromatic rings. The highest BCUT2D eigenvalue weighted by atomic mass is 35.5. The van der Waals surface area contributed by atoms with Gasteiger partial charge in [-0.05, 0) is 42.8 Å². The van der Waals surface area contributed by atoms with E-state index < -0.39 is 0 Å². The lowest BCUT2D eigenvalue weighted by atomic mass is 10.2. The maximum atomic E-state index is 2.28. The van der Waals surface area contributed by atoms with E-state index in [0.29, 0.717) is 0 Å². The van der Waals surface area contributed by atoms with E-state index in [-0.39, 0.29) is 24.8 Å². The van der Waals surface area contributed by atoms with Crippen LogP contribution >= 0.6 is 23.7 Å². The summed E-state index contributed by atoms with van der Waals surface area (Å²) >= 11 is 1.85. The van der Waals surface area contributed by atoms with Crippen LogP contribution in [-0.4, -0.2) is 14.1 Å². The fourth-order valence-electron chi connectivity index (χ4n) is 2.42. The van der Waals surface area contributed by atoms with Crippen LogP contribution in [-0.2, 0) is 7.05 Å². The molecule has 1 aromatic heterocycles. The number of hydrogen-bond acceptors (Lipinski definition) is 2. The minimum absolute atomic E-state index is 0. The first-order chi connectivity index (χ1) is 9.56. The Balaban J connectivity index is 0.00000121. The Hall–Kier alpha value is -1.29. The molecule has 0 radical (unpaired) electrons. The molecule has 0 amide bonds. The van der Waals surface area contributed by atoms with Gasteiger partial charge in [0.15, 0.2) is 0 Å². The van der Waals surface area contributed by atoms with Gasteiger partial charge < -0.3 is 17.3 Å². The number of hydrogen-bond donors (Lipinski definition) is 0. The lowest BCUT2D eigenvalue weighted by Crippen LogP contribution is -3.00. The average Bonchev–Trinajstić information content (AvgIpc) is 2.75. The van der Waals surface area contributed by atoms with Crippen molar-refractivity contribution in [2.24, 2.45) is 7.05 Å². The first kappa shape index (κ1) is 18.8. The third-order valence-corrected chi connectivity index (χ3v) is 4.87. The summed E-state index contributed by atoms with van der Waals surface area (Å²) in [5.41, 5.74) is 5.12. The molecule has 5 heteroatoms. The van der Waals surface area contributed by atoms with Gasteiger partial charge in [0, 0.05) is 25.8 Å². The van der Waals surface area contributed by atoms with Gasteiger partial charge >= 0.3 is 0 Å². The Morgan fingerprint density at radius 2 is 1.64 bits per heavy atom. The van der Waals surface area contributed by atoms with Gasteiger partial charge in [0.2, 0.25) is 5.52 Å². The summed E-state index contributed by atoms with van der Waals surface area (Å²) in [5, 5.41) is 1.30. The van der Waals surface area contributed by atoms with Crippen molar-refractivity contribution in [1.29, 1.82) is 0 Å². The number of aromatic nitrogens is 1. The first-order valence-corrected chi connectivity index (χ1v) is 7.55. The molecule has 118 valence electrons. The topological polar surface area (TPSA) is 7.12 Å².